The molecule has 0 bridgehead atoms. The van der Waals surface area contributed by atoms with E-state index in [1.165, 1.54) is 18.2 Å². The molecule has 0 fully saturated rings. The molecule has 2 aromatic carbocycles. The highest BCUT2D eigenvalue weighted by atomic mass is 19.1. The predicted molar refractivity (Wildman–Crippen MR) is 81.6 cm³/mol. The third-order valence-electron chi connectivity index (χ3n) is 3.09. The Kier molecular flexibility index (Phi) is 4.46. The zero-order valence-corrected chi connectivity index (χ0v) is 12.4. The summed E-state index contributed by atoms with van der Waals surface area (Å²) in [5.74, 6) is 0.225. The van der Waals surface area contributed by atoms with Gasteiger partial charge in [-0.3, -0.25) is 10.1 Å². The molecule has 0 unspecified atom stereocenters. The lowest BCUT2D eigenvalue weighted by molar-refractivity contribution is -0.121. The minimum Gasteiger partial charge on any atom is -0.484 e. The fourth-order valence-corrected chi connectivity index (χ4v) is 1.99. The molecule has 3 rings (SSSR count). The van der Waals surface area contributed by atoms with Gasteiger partial charge in [0.15, 0.2) is 18.1 Å². The van der Waals surface area contributed by atoms with Gasteiger partial charge >= 0.3 is 6.03 Å². The molecule has 24 heavy (non-hydrogen) atoms. The SMILES string of the molecule is O=C(COc1ccc2c(c1)OCO2)NC(=O)Nc1ccccc1F. The van der Waals surface area contributed by atoms with E-state index in [0.717, 1.165) is 0 Å². The highest BCUT2D eigenvalue weighted by molar-refractivity contribution is 6.01. The summed E-state index contributed by atoms with van der Waals surface area (Å²) in [4.78, 5) is 23.3. The molecule has 0 aliphatic carbocycles. The van der Waals surface area contributed by atoms with E-state index in [-0.39, 0.29) is 19.1 Å². The normalized spacial score (nSPS) is 11.7. The maximum absolute atomic E-state index is 13.4. The number of hydrogen-bond donors (Lipinski definition) is 2. The van der Waals surface area contributed by atoms with Crippen LogP contribution in [-0.4, -0.2) is 25.3 Å². The number of benzene rings is 2. The maximum atomic E-state index is 13.4. The van der Waals surface area contributed by atoms with Crippen LogP contribution < -0.4 is 24.8 Å². The molecule has 0 aromatic heterocycles. The third kappa shape index (κ3) is 3.72. The molecular weight excluding hydrogens is 319 g/mol. The average Bonchev–Trinajstić information content (AvgIpc) is 3.02. The van der Waals surface area contributed by atoms with Gasteiger partial charge in [-0.1, -0.05) is 12.1 Å². The van der Waals surface area contributed by atoms with Gasteiger partial charge in [0, 0.05) is 6.07 Å². The quantitative estimate of drug-likeness (QED) is 0.897. The first-order valence-corrected chi connectivity index (χ1v) is 6.99. The minimum absolute atomic E-state index is 0.0283. The van der Waals surface area contributed by atoms with E-state index >= 15 is 0 Å². The molecule has 1 aliphatic rings. The van der Waals surface area contributed by atoms with Crippen molar-refractivity contribution in [3.63, 3.8) is 0 Å². The number of nitrogens with one attached hydrogen (secondary N) is 2. The van der Waals surface area contributed by atoms with Crippen molar-refractivity contribution < 1.29 is 28.2 Å². The number of carbonyl (C=O) groups excluding carboxylic acids is 2. The standard InChI is InChI=1S/C16H13FN2O5/c17-11-3-1-2-4-12(11)18-16(21)19-15(20)8-22-10-5-6-13-14(7-10)24-9-23-13/h1-7H,8-9H2,(H2,18,19,20,21). The Hall–Kier alpha value is -3.29. The van der Waals surface area contributed by atoms with E-state index in [9.17, 15) is 14.0 Å². The summed E-state index contributed by atoms with van der Waals surface area (Å²) in [6, 6.07) is 9.61. The van der Waals surface area contributed by atoms with Crippen LogP contribution in [0.1, 0.15) is 0 Å². The summed E-state index contributed by atoms with van der Waals surface area (Å²) in [6.45, 7) is -0.250. The molecule has 0 spiro atoms. The molecule has 7 nitrogen and oxygen atoms in total. The summed E-state index contributed by atoms with van der Waals surface area (Å²) in [5, 5.41) is 4.28. The fraction of sp³-hybridized carbons (Fsp3) is 0.125. The molecule has 0 atom stereocenters. The first-order valence-electron chi connectivity index (χ1n) is 6.99. The number of amides is 3. The van der Waals surface area contributed by atoms with Crippen LogP contribution in [0, 0.1) is 5.82 Å². The van der Waals surface area contributed by atoms with Crippen LogP contribution in [0.3, 0.4) is 0 Å². The summed E-state index contributed by atoms with van der Waals surface area (Å²) in [6.07, 6.45) is 0. The predicted octanol–water partition coefficient (Wildman–Crippen LogP) is 2.28. The molecule has 0 saturated heterocycles. The van der Waals surface area contributed by atoms with Crippen molar-refractivity contribution in [3.05, 3.63) is 48.3 Å². The van der Waals surface area contributed by atoms with E-state index in [2.05, 4.69) is 5.32 Å². The summed E-state index contributed by atoms with van der Waals surface area (Å²) in [7, 11) is 0. The van der Waals surface area contributed by atoms with Crippen LogP contribution >= 0.6 is 0 Å². The Morgan fingerprint density at radius 3 is 2.75 bits per heavy atom. The minimum atomic E-state index is -0.848. The molecule has 1 aliphatic heterocycles. The van der Waals surface area contributed by atoms with Crippen LogP contribution in [0.5, 0.6) is 17.2 Å². The third-order valence-corrected chi connectivity index (χ3v) is 3.09. The Labute approximate surface area is 136 Å². The van der Waals surface area contributed by atoms with E-state index in [1.54, 1.807) is 24.3 Å². The van der Waals surface area contributed by atoms with Crippen LogP contribution in [0.4, 0.5) is 14.9 Å². The number of hydrogen-bond acceptors (Lipinski definition) is 5. The second-order valence-electron chi connectivity index (χ2n) is 4.79. The van der Waals surface area contributed by atoms with E-state index in [0.29, 0.717) is 17.2 Å². The number of halogens is 1. The molecule has 1 heterocycles. The van der Waals surface area contributed by atoms with Gasteiger partial charge in [-0.2, -0.15) is 0 Å². The lowest BCUT2D eigenvalue weighted by Gasteiger charge is -2.09. The molecule has 0 radical (unpaired) electrons. The second kappa shape index (κ2) is 6.86. The number of anilines is 1. The van der Waals surface area contributed by atoms with Crippen LogP contribution in [0.25, 0.3) is 0 Å². The van der Waals surface area contributed by atoms with E-state index in [4.69, 9.17) is 14.2 Å². The van der Waals surface area contributed by atoms with E-state index < -0.39 is 17.8 Å². The molecule has 124 valence electrons. The number of imide groups is 1. The molecule has 0 saturated carbocycles. The largest absolute Gasteiger partial charge is 0.484 e. The number of urea groups is 1. The Bertz CT molecular complexity index is 781. The molecule has 2 aromatic rings. The van der Waals surface area contributed by atoms with Crippen LogP contribution in [-0.2, 0) is 4.79 Å². The number of fused-ring (bicyclic) bond motifs is 1. The fourth-order valence-electron chi connectivity index (χ4n) is 1.99. The Morgan fingerprint density at radius 2 is 1.92 bits per heavy atom. The van der Waals surface area contributed by atoms with Gasteiger partial charge in [-0.25, -0.2) is 9.18 Å². The van der Waals surface area contributed by atoms with Crippen molar-refractivity contribution in [2.75, 3.05) is 18.7 Å². The zero-order valence-electron chi connectivity index (χ0n) is 12.4. The smallest absolute Gasteiger partial charge is 0.326 e. The average molecular weight is 332 g/mol. The van der Waals surface area contributed by atoms with Crippen molar-refractivity contribution in [3.8, 4) is 17.2 Å². The molecular formula is C16H13FN2O5. The molecule has 3 amide bonds. The zero-order chi connectivity index (χ0) is 16.9. The van der Waals surface area contributed by atoms with E-state index in [1.807, 2.05) is 5.32 Å². The van der Waals surface area contributed by atoms with Crippen LogP contribution in [0.15, 0.2) is 42.5 Å². The lowest BCUT2D eigenvalue weighted by Crippen LogP contribution is -2.37. The summed E-state index contributed by atoms with van der Waals surface area (Å²) < 4.78 is 29.0. The van der Waals surface area contributed by atoms with Gasteiger partial charge in [-0.15, -0.1) is 0 Å². The van der Waals surface area contributed by atoms with Gasteiger partial charge in [0.05, 0.1) is 5.69 Å². The highest BCUT2D eigenvalue weighted by Gasteiger charge is 2.15. The van der Waals surface area contributed by atoms with Gasteiger partial charge in [-0.05, 0) is 24.3 Å². The molecule has 8 heteroatoms. The Morgan fingerprint density at radius 1 is 1.12 bits per heavy atom. The molecule has 2 N–H and O–H groups in total. The van der Waals surface area contributed by atoms with Crippen LogP contribution in [0.2, 0.25) is 0 Å². The number of carbonyl (C=O) groups is 2. The maximum Gasteiger partial charge on any atom is 0.326 e. The topological polar surface area (TPSA) is 85.9 Å². The first kappa shape index (κ1) is 15.6. The van der Waals surface area contributed by atoms with Crippen molar-refractivity contribution in [1.82, 2.24) is 5.32 Å². The highest BCUT2D eigenvalue weighted by Crippen LogP contribution is 2.34. The number of rotatable bonds is 4. The number of ether oxygens (including phenoxy) is 3. The number of para-hydroxylation sites is 1. The first-order chi connectivity index (χ1) is 11.6. The van der Waals surface area contributed by atoms with Crippen molar-refractivity contribution in [1.29, 1.82) is 0 Å². The van der Waals surface area contributed by atoms with Crippen molar-refractivity contribution in [2.45, 2.75) is 0 Å². The van der Waals surface area contributed by atoms with Gasteiger partial charge in [0.25, 0.3) is 5.91 Å². The summed E-state index contributed by atoms with van der Waals surface area (Å²) >= 11 is 0. The second-order valence-corrected chi connectivity index (χ2v) is 4.79. The van der Waals surface area contributed by atoms with Crippen molar-refractivity contribution in [2.24, 2.45) is 0 Å². The van der Waals surface area contributed by atoms with Gasteiger partial charge < -0.3 is 19.5 Å². The van der Waals surface area contributed by atoms with Gasteiger partial charge in [0.2, 0.25) is 6.79 Å². The summed E-state index contributed by atoms with van der Waals surface area (Å²) in [5.41, 5.74) is -0.0283. The van der Waals surface area contributed by atoms with Crippen molar-refractivity contribution >= 4 is 17.6 Å². The van der Waals surface area contributed by atoms with Gasteiger partial charge in [0.1, 0.15) is 11.6 Å². The Balaban J connectivity index is 1.49. The lowest BCUT2D eigenvalue weighted by atomic mass is 10.3. The monoisotopic (exact) mass is 332 g/mol.